The fraction of sp³-hybridized carbons (Fsp3) is 0.400. The fourth-order valence-electron chi connectivity index (χ4n) is 3.37. The molecule has 2 aromatic rings. The molecule has 0 radical (unpaired) electrons. The summed E-state index contributed by atoms with van der Waals surface area (Å²) in [4.78, 5) is 20.1. The molecule has 1 fully saturated rings. The van der Waals surface area contributed by atoms with Gasteiger partial charge in [0.25, 0.3) is 0 Å². The summed E-state index contributed by atoms with van der Waals surface area (Å²) in [7, 11) is 3.28. The summed E-state index contributed by atoms with van der Waals surface area (Å²) in [5.41, 5.74) is 2.61. The van der Waals surface area contributed by atoms with Gasteiger partial charge in [-0.05, 0) is 42.3 Å². The minimum Gasteiger partial charge on any atom is -0.493 e. The molecule has 0 unspecified atom stereocenters. The number of rotatable bonds is 6. The third-order valence-corrected chi connectivity index (χ3v) is 4.92. The maximum absolute atomic E-state index is 11.4. The number of hydrogen-bond acceptors (Lipinski definition) is 6. The zero-order chi connectivity index (χ0) is 19.4. The Morgan fingerprint density at radius 1 is 1.15 bits per heavy atom. The van der Waals surface area contributed by atoms with E-state index in [-0.39, 0.29) is 5.56 Å². The van der Waals surface area contributed by atoms with Gasteiger partial charge < -0.3 is 19.5 Å². The maximum atomic E-state index is 11.4. The molecular formula is C20H25N3O4. The summed E-state index contributed by atoms with van der Waals surface area (Å²) in [5, 5.41) is 9.37. The van der Waals surface area contributed by atoms with Crippen LogP contribution in [-0.4, -0.2) is 61.4 Å². The topological polar surface area (TPSA) is 75.1 Å². The van der Waals surface area contributed by atoms with Crippen LogP contribution in [0.2, 0.25) is 0 Å². The van der Waals surface area contributed by atoms with Crippen molar-refractivity contribution in [1.29, 1.82) is 0 Å². The summed E-state index contributed by atoms with van der Waals surface area (Å²) in [6.45, 7) is 6.04. The number of aromatic carboxylic acids is 1. The van der Waals surface area contributed by atoms with Gasteiger partial charge in [0.05, 0.1) is 14.2 Å². The van der Waals surface area contributed by atoms with Crippen LogP contribution in [0.25, 0.3) is 0 Å². The molecule has 144 valence electrons. The van der Waals surface area contributed by atoms with E-state index in [4.69, 9.17) is 9.47 Å². The second kappa shape index (κ2) is 8.26. The molecule has 1 N–H and O–H groups in total. The number of aromatic nitrogens is 1. The van der Waals surface area contributed by atoms with Crippen molar-refractivity contribution in [3.05, 3.63) is 47.2 Å². The van der Waals surface area contributed by atoms with Gasteiger partial charge in [0, 0.05) is 38.9 Å². The summed E-state index contributed by atoms with van der Waals surface area (Å²) >= 11 is 0. The molecule has 1 aliphatic rings. The lowest BCUT2D eigenvalue weighted by atomic mass is 10.1. The number of carboxylic acids is 1. The van der Waals surface area contributed by atoms with Gasteiger partial charge in [-0.25, -0.2) is 9.78 Å². The summed E-state index contributed by atoms with van der Waals surface area (Å²) < 4.78 is 10.8. The average Bonchev–Trinajstić information content (AvgIpc) is 2.69. The zero-order valence-electron chi connectivity index (χ0n) is 15.9. The number of benzene rings is 1. The van der Waals surface area contributed by atoms with E-state index in [1.165, 1.54) is 5.56 Å². The number of piperazine rings is 1. The molecule has 1 saturated heterocycles. The standard InChI is InChI=1S/C20H25N3O4/c1-14-11-17(26-2)18(27-3)12-15(14)13-22-7-9-23(10-8-22)19-16(20(24)25)5-4-6-21-19/h4-6,11-12H,7-10,13H2,1-3H3,(H,24,25). The van der Waals surface area contributed by atoms with Crippen molar-refractivity contribution in [1.82, 2.24) is 9.88 Å². The van der Waals surface area contributed by atoms with Gasteiger partial charge in [0.2, 0.25) is 0 Å². The second-order valence-electron chi connectivity index (χ2n) is 6.58. The van der Waals surface area contributed by atoms with Crippen molar-refractivity contribution in [3.63, 3.8) is 0 Å². The predicted octanol–water partition coefficient (Wildman–Crippen LogP) is 2.43. The van der Waals surface area contributed by atoms with Crippen molar-refractivity contribution in [2.75, 3.05) is 45.3 Å². The Kier molecular flexibility index (Phi) is 5.81. The predicted molar refractivity (Wildman–Crippen MR) is 103 cm³/mol. The highest BCUT2D eigenvalue weighted by molar-refractivity contribution is 5.93. The van der Waals surface area contributed by atoms with Crippen LogP contribution in [0.1, 0.15) is 21.5 Å². The second-order valence-corrected chi connectivity index (χ2v) is 6.58. The summed E-state index contributed by atoms with van der Waals surface area (Å²) in [6.07, 6.45) is 1.64. The lowest BCUT2D eigenvalue weighted by Gasteiger charge is -2.36. The van der Waals surface area contributed by atoms with E-state index in [9.17, 15) is 9.90 Å². The van der Waals surface area contributed by atoms with Gasteiger partial charge in [0.1, 0.15) is 11.4 Å². The van der Waals surface area contributed by atoms with Crippen LogP contribution in [0.4, 0.5) is 5.82 Å². The third kappa shape index (κ3) is 4.14. The molecule has 0 bridgehead atoms. The number of ether oxygens (including phenoxy) is 2. The Labute approximate surface area is 159 Å². The van der Waals surface area contributed by atoms with Gasteiger partial charge in [0.15, 0.2) is 11.5 Å². The Bertz CT molecular complexity index is 817. The molecule has 1 aliphatic heterocycles. The van der Waals surface area contributed by atoms with Gasteiger partial charge in [-0.2, -0.15) is 0 Å². The molecule has 7 nitrogen and oxygen atoms in total. The monoisotopic (exact) mass is 371 g/mol. The molecule has 27 heavy (non-hydrogen) atoms. The molecule has 1 aromatic heterocycles. The lowest BCUT2D eigenvalue weighted by Crippen LogP contribution is -2.46. The van der Waals surface area contributed by atoms with E-state index in [2.05, 4.69) is 16.8 Å². The van der Waals surface area contributed by atoms with Crippen molar-refractivity contribution >= 4 is 11.8 Å². The molecule has 0 atom stereocenters. The number of pyridine rings is 1. The largest absolute Gasteiger partial charge is 0.493 e. The van der Waals surface area contributed by atoms with Crippen LogP contribution in [0, 0.1) is 6.92 Å². The van der Waals surface area contributed by atoms with Gasteiger partial charge in [-0.3, -0.25) is 4.90 Å². The molecule has 0 spiro atoms. The van der Waals surface area contributed by atoms with E-state index < -0.39 is 5.97 Å². The van der Waals surface area contributed by atoms with Crippen molar-refractivity contribution in [2.24, 2.45) is 0 Å². The van der Waals surface area contributed by atoms with Crippen LogP contribution < -0.4 is 14.4 Å². The van der Waals surface area contributed by atoms with Crippen LogP contribution in [-0.2, 0) is 6.54 Å². The molecule has 7 heteroatoms. The number of anilines is 1. The number of hydrogen-bond donors (Lipinski definition) is 1. The fourth-order valence-corrected chi connectivity index (χ4v) is 3.37. The van der Waals surface area contributed by atoms with E-state index in [1.807, 2.05) is 17.0 Å². The first-order valence-electron chi connectivity index (χ1n) is 8.90. The minimum absolute atomic E-state index is 0.252. The third-order valence-electron chi connectivity index (χ3n) is 4.92. The first kappa shape index (κ1) is 19.0. The van der Waals surface area contributed by atoms with E-state index >= 15 is 0 Å². The molecule has 0 amide bonds. The highest BCUT2D eigenvalue weighted by Crippen LogP contribution is 2.31. The summed E-state index contributed by atoms with van der Waals surface area (Å²) in [6, 6.07) is 7.28. The van der Waals surface area contributed by atoms with Crippen molar-refractivity contribution < 1.29 is 19.4 Å². The minimum atomic E-state index is -0.943. The van der Waals surface area contributed by atoms with Crippen molar-refractivity contribution in [3.8, 4) is 11.5 Å². The maximum Gasteiger partial charge on any atom is 0.339 e. The number of carbonyl (C=O) groups is 1. The summed E-state index contributed by atoms with van der Waals surface area (Å²) in [5.74, 6) is 1.07. The van der Waals surface area contributed by atoms with Crippen molar-refractivity contribution in [2.45, 2.75) is 13.5 Å². The Morgan fingerprint density at radius 3 is 2.44 bits per heavy atom. The van der Waals surface area contributed by atoms with Crippen LogP contribution in [0.15, 0.2) is 30.5 Å². The van der Waals surface area contributed by atoms with E-state index in [0.717, 1.165) is 49.8 Å². The first-order valence-corrected chi connectivity index (χ1v) is 8.90. The number of methoxy groups -OCH3 is 2. The quantitative estimate of drug-likeness (QED) is 0.836. The van der Waals surface area contributed by atoms with Crippen LogP contribution >= 0.6 is 0 Å². The molecule has 2 heterocycles. The van der Waals surface area contributed by atoms with Crippen LogP contribution in [0.3, 0.4) is 0 Å². The van der Waals surface area contributed by atoms with Gasteiger partial charge in [-0.15, -0.1) is 0 Å². The lowest BCUT2D eigenvalue weighted by molar-refractivity contribution is 0.0697. The molecule has 0 aliphatic carbocycles. The van der Waals surface area contributed by atoms with E-state index in [1.54, 1.807) is 32.5 Å². The molecule has 0 saturated carbocycles. The van der Waals surface area contributed by atoms with Crippen LogP contribution in [0.5, 0.6) is 11.5 Å². The Morgan fingerprint density at radius 2 is 1.81 bits per heavy atom. The number of aryl methyl sites for hydroxylation is 1. The van der Waals surface area contributed by atoms with Gasteiger partial charge in [-0.1, -0.05) is 0 Å². The molecular weight excluding hydrogens is 346 g/mol. The normalized spacial score (nSPS) is 14.9. The number of carboxylic acid groups (broad SMARTS) is 1. The van der Waals surface area contributed by atoms with Gasteiger partial charge >= 0.3 is 5.97 Å². The molecule has 3 rings (SSSR count). The Balaban J connectivity index is 1.68. The Hall–Kier alpha value is -2.80. The highest BCUT2D eigenvalue weighted by Gasteiger charge is 2.23. The highest BCUT2D eigenvalue weighted by atomic mass is 16.5. The zero-order valence-corrected chi connectivity index (χ0v) is 15.9. The molecule has 1 aromatic carbocycles. The first-order chi connectivity index (χ1) is 13.0. The average molecular weight is 371 g/mol. The smallest absolute Gasteiger partial charge is 0.339 e. The number of nitrogens with zero attached hydrogens (tertiary/aromatic N) is 3. The van der Waals surface area contributed by atoms with E-state index in [0.29, 0.717) is 5.82 Å². The SMILES string of the molecule is COc1cc(C)c(CN2CCN(c3ncccc3C(=O)O)CC2)cc1OC.